The Hall–Kier alpha value is -2.03. The van der Waals surface area contributed by atoms with Crippen LogP contribution in [0.15, 0.2) is 30.0 Å². The smallest absolute Gasteiger partial charge is 0.267 e. The number of halogens is 1. The molecular formula is C17H20ClN3O2. The summed E-state index contributed by atoms with van der Waals surface area (Å²) in [6.07, 6.45) is 1.73. The van der Waals surface area contributed by atoms with E-state index in [1.54, 1.807) is 18.3 Å². The van der Waals surface area contributed by atoms with Gasteiger partial charge in [-0.2, -0.15) is 5.26 Å². The van der Waals surface area contributed by atoms with Crippen molar-refractivity contribution in [3.63, 3.8) is 0 Å². The lowest BCUT2D eigenvalue weighted by molar-refractivity contribution is -0.112. The Morgan fingerprint density at radius 3 is 2.70 bits per heavy atom. The van der Waals surface area contributed by atoms with Crippen LogP contribution in [0.5, 0.6) is 0 Å². The molecule has 1 fully saturated rings. The average Bonchev–Trinajstić information content (AvgIpc) is 2.47. The van der Waals surface area contributed by atoms with Crippen LogP contribution in [-0.4, -0.2) is 36.1 Å². The van der Waals surface area contributed by atoms with Crippen LogP contribution in [0.25, 0.3) is 0 Å². The predicted molar refractivity (Wildman–Crippen MR) is 90.1 cm³/mol. The third-order valence-corrected chi connectivity index (χ3v) is 3.81. The number of rotatable bonds is 3. The van der Waals surface area contributed by atoms with Gasteiger partial charge in [-0.05, 0) is 38.5 Å². The fourth-order valence-corrected chi connectivity index (χ4v) is 2.73. The van der Waals surface area contributed by atoms with Gasteiger partial charge in [0.2, 0.25) is 0 Å². The molecule has 0 aliphatic carbocycles. The molecule has 0 aromatic heterocycles. The Labute approximate surface area is 141 Å². The summed E-state index contributed by atoms with van der Waals surface area (Å²) >= 11 is 5.95. The number of nitrogens with zero attached hydrogens (tertiary/aromatic N) is 2. The van der Waals surface area contributed by atoms with Crippen LogP contribution in [-0.2, 0) is 9.53 Å². The van der Waals surface area contributed by atoms with Crippen LogP contribution < -0.4 is 5.32 Å². The number of hydrogen-bond donors (Lipinski definition) is 1. The molecular weight excluding hydrogens is 314 g/mol. The third kappa shape index (κ3) is 4.72. The second kappa shape index (κ2) is 7.49. The number of nitrogens with one attached hydrogen (secondary N) is 1. The number of amides is 1. The van der Waals surface area contributed by atoms with Crippen molar-refractivity contribution >= 4 is 23.2 Å². The Morgan fingerprint density at radius 2 is 2.09 bits per heavy atom. The Balaban J connectivity index is 2.14. The highest BCUT2D eigenvalue weighted by molar-refractivity contribution is 6.31. The minimum Gasteiger partial charge on any atom is -0.372 e. The second-order valence-corrected chi connectivity index (χ2v) is 6.22. The zero-order chi connectivity index (χ0) is 17.0. The maximum atomic E-state index is 12.3. The fourth-order valence-electron chi connectivity index (χ4n) is 2.56. The molecule has 2 atom stereocenters. The highest BCUT2D eigenvalue weighted by atomic mass is 35.5. The minimum absolute atomic E-state index is 0.0608. The van der Waals surface area contributed by atoms with Crippen molar-refractivity contribution in [2.24, 2.45) is 0 Å². The zero-order valence-corrected chi connectivity index (χ0v) is 14.2. The van der Waals surface area contributed by atoms with Gasteiger partial charge in [-0.15, -0.1) is 0 Å². The summed E-state index contributed by atoms with van der Waals surface area (Å²) in [4.78, 5) is 14.3. The van der Waals surface area contributed by atoms with E-state index < -0.39 is 5.91 Å². The molecule has 1 saturated heterocycles. The SMILES string of the molecule is Cc1ccc(Cl)cc1NC(=O)/C(C#N)=C\N1CC(C)OC(C)C1. The molecule has 1 heterocycles. The minimum atomic E-state index is -0.440. The topological polar surface area (TPSA) is 65.4 Å². The van der Waals surface area contributed by atoms with E-state index in [0.29, 0.717) is 23.8 Å². The molecule has 0 spiro atoms. The number of ether oxygens (including phenoxy) is 1. The average molecular weight is 334 g/mol. The highest BCUT2D eigenvalue weighted by Crippen LogP contribution is 2.21. The van der Waals surface area contributed by atoms with Gasteiger partial charge in [-0.25, -0.2) is 0 Å². The van der Waals surface area contributed by atoms with Crippen molar-refractivity contribution in [2.45, 2.75) is 33.0 Å². The number of carbonyl (C=O) groups excluding carboxylic acids is 1. The molecule has 1 aromatic carbocycles. The first kappa shape index (κ1) is 17.3. The number of hydrogen-bond acceptors (Lipinski definition) is 4. The van der Waals surface area contributed by atoms with Gasteiger partial charge in [0.05, 0.1) is 12.2 Å². The highest BCUT2D eigenvalue weighted by Gasteiger charge is 2.21. The van der Waals surface area contributed by atoms with Gasteiger partial charge in [0.15, 0.2) is 0 Å². The molecule has 6 heteroatoms. The van der Waals surface area contributed by atoms with E-state index in [2.05, 4.69) is 5.32 Å². The van der Waals surface area contributed by atoms with Gasteiger partial charge in [0, 0.05) is 30.0 Å². The van der Waals surface area contributed by atoms with Gasteiger partial charge in [-0.1, -0.05) is 17.7 Å². The van der Waals surface area contributed by atoms with Crippen LogP contribution in [0.2, 0.25) is 5.02 Å². The first-order valence-corrected chi connectivity index (χ1v) is 7.85. The lowest BCUT2D eigenvalue weighted by Crippen LogP contribution is -2.43. The quantitative estimate of drug-likeness (QED) is 0.682. The largest absolute Gasteiger partial charge is 0.372 e. The summed E-state index contributed by atoms with van der Waals surface area (Å²) in [6, 6.07) is 7.21. The molecule has 2 rings (SSSR count). The van der Waals surface area contributed by atoms with Crippen molar-refractivity contribution in [3.8, 4) is 6.07 Å². The van der Waals surface area contributed by atoms with E-state index in [9.17, 15) is 10.1 Å². The number of anilines is 1. The predicted octanol–water partition coefficient (Wildman–Crippen LogP) is 3.10. The molecule has 1 aromatic rings. The molecule has 0 bridgehead atoms. The molecule has 1 aliphatic heterocycles. The molecule has 1 N–H and O–H groups in total. The van der Waals surface area contributed by atoms with Crippen LogP contribution in [0.1, 0.15) is 19.4 Å². The molecule has 0 saturated carbocycles. The van der Waals surface area contributed by atoms with Gasteiger partial charge in [0.1, 0.15) is 11.6 Å². The summed E-state index contributed by atoms with van der Waals surface area (Å²) in [5, 5.41) is 12.6. The third-order valence-electron chi connectivity index (χ3n) is 3.57. The first-order chi connectivity index (χ1) is 10.9. The van der Waals surface area contributed by atoms with Crippen molar-refractivity contribution in [1.82, 2.24) is 4.90 Å². The van der Waals surface area contributed by atoms with E-state index in [4.69, 9.17) is 16.3 Å². The number of morpholine rings is 1. The number of benzene rings is 1. The molecule has 1 aliphatic rings. The van der Waals surface area contributed by atoms with Gasteiger partial charge in [0.25, 0.3) is 5.91 Å². The fraction of sp³-hybridized carbons (Fsp3) is 0.412. The van der Waals surface area contributed by atoms with E-state index in [0.717, 1.165) is 5.56 Å². The Morgan fingerprint density at radius 1 is 1.43 bits per heavy atom. The zero-order valence-electron chi connectivity index (χ0n) is 13.5. The van der Waals surface area contributed by atoms with Crippen LogP contribution >= 0.6 is 11.6 Å². The maximum absolute atomic E-state index is 12.3. The van der Waals surface area contributed by atoms with Crippen LogP contribution in [0.4, 0.5) is 5.69 Å². The lowest BCUT2D eigenvalue weighted by Gasteiger charge is -2.34. The molecule has 5 nitrogen and oxygen atoms in total. The molecule has 0 radical (unpaired) electrons. The van der Waals surface area contributed by atoms with E-state index in [1.807, 2.05) is 37.8 Å². The summed E-state index contributed by atoms with van der Waals surface area (Å²) in [5.41, 5.74) is 1.55. The van der Waals surface area contributed by atoms with Gasteiger partial charge in [-0.3, -0.25) is 4.79 Å². The monoisotopic (exact) mass is 333 g/mol. The molecule has 23 heavy (non-hydrogen) atoms. The van der Waals surface area contributed by atoms with Crippen molar-refractivity contribution in [3.05, 3.63) is 40.6 Å². The van der Waals surface area contributed by atoms with E-state index in [-0.39, 0.29) is 17.8 Å². The standard InChI is InChI=1S/C17H20ClN3O2/c1-11-4-5-15(18)6-16(11)20-17(22)14(7-19)10-21-8-12(2)23-13(3)9-21/h4-6,10,12-13H,8-9H2,1-3H3,(H,20,22)/b14-10-. The summed E-state index contributed by atoms with van der Waals surface area (Å²) in [5.74, 6) is -0.440. The summed E-state index contributed by atoms with van der Waals surface area (Å²) in [7, 11) is 0. The van der Waals surface area contributed by atoms with Crippen molar-refractivity contribution in [1.29, 1.82) is 5.26 Å². The number of carbonyl (C=O) groups is 1. The van der Waals surface area contributed by atoms with Crippen LogP contribution in [0.3, 0.4) is 0 Å². The summed E-state index contributed by atoms with van der Waals surface area (Å²) in [6.45, 7) is 7.11. The maximum Gasteiger partial charge on any atom is 0.267 e. The van der Waals surface area contributed by atoms with Crippen LogP contribution in [0, 0.1) is 18.3 Å². The van der Waals surface area contributed by atoms with Gasteiger partial charge >= 0.3 is 0 Å². The molecule has 2 unspecified atom stereocenters. The second-order valence-electron chi connectivity index (χ2n) is 5.78. The van der Waals surface area contributed by atoms with E-state index in [1.165, 1.54) is 0 Å². The summed E-state index contributed by atoms with van der Waals surface area (Å²) < 4.78 is 5.65. The lowest BCUT2D eigenvalue weighted by atomic mass is 10.2. The van der Waals surface area contributed by atoms with Crippen molar-refractivity contribution in [2.75, 3.05) is 18.4 Å². The number of nitriles is 1. The normalized spacial score (nSPS) is 21.7. The Bertz CT molecular complexity index is 656. The number of aryl methyl sites for hydroxylation is 1. The molecule has 1 amide bonds. The van der Waals surface area contributed by atoms with Gasteiger partial charge < -0.3 is 15.0 Å². The first-order valence-electron chi connectivity index (χ1n) is 7.48. The molecule has 122 valence electrons. The Kier molecular flexibility index (Phi) is 5.64. The van der Waals surface area contributed by atoms with Crippen molar-refractivity contribution < 1.29 is 9.53 Å². The van der Waals surface area contributed by atoms with E-state index >= 15 is 0 Å².